The molecule has 1 saturated heterocycles. The number of aliphatic hydroxyl groups excluding tert-OH is 1. The minimum absolute atomic E-state index is 0.0462. The Bertz CT molecular complexity index is 674. The fourth-order valence-corrected chi connectivity index (χ4v) is 3.88. The van der Waals surface area contributed by atoms with Crippen LogP contribution in [-0.2, 0) is 10.0 Å². The first-order valence-corrected chi connectivity index (χ1v) is 8.06. The second-order valence-corrected chi connectivity index (χ2v) is 7.25. The summed E-state index contributed by atoms with van der Waals surface area (Å²) in [7, 11) is -3.70. The molecule has 1 aromatic heterocycles. The molecule has 21 heavy (non-hydrogen) atoms. The van der Waals surface area contributed by atoms with Crippen LogP contribution in [0.2, 0.25) is 0 Å². The Balaban J connectivity index is 2.31. The summed E-state index contributed by atoms with van der Waals surface area (Å²) in [6.07, 6.45) is 3.90. The highest BCUT2D eigenvalue weighted by Crippen LogP contribution is 2.25. The molecule has 0 bridgehead atoms. The largest absolute Gasteiger partial charge is 0.389 e. The van der Waals surface area contributed by atoms with E-state index in [4.69, 9.17) is 5.11 Å². The van der Waals surface area contributed by atoms with E-state index in [2.05, 4.69) is 16.8 Å². The van der Waals surface area contributed by atoms with Crippen molar-refractivity contribution >= 4 is 10.0 Å². The smallest absolute Gasteiger partial charge is 0.244 e. The summed E-state index contributed by atoms with van der Waals surface area (Å²) in [6.45, 7) is 1.79. The summed E-state index contributed by atoms with van der Waals surface area (Å²) in [5, 5.41) is 18.7. The number of rotatable bonds is 2. The average molecular weight is 310 g/mol. The van der Waals surface area contributed by atoms with Crippen LogP contribution in [-0.4, -0.2) is 53.2 Å². The highest BCUT2D eigenvalue weighted by molar-refractivity contribution is 7.89. The molecule has 1 aliphatic rings. The lowest BCUT2D eigenvalue weighted by Crippen LogP contribution is -2.48. The Morgan fingerprint density at radius 2 is 2.24 bits per heavy atom. The van der Waals surface area contributed by atoms with Gasteiger partial charge in [-0.05, 0) is 25.8 Å². The van der Waals surface area contributed by atoms with Gasteiger partial charge >= 0.3 is 0 Å². The van der Waals surface area contributed by atoms with Crippen LogP contribution in [0.1, 0.15) is 25.3 Å². The van der Waals surface area contributed by atoms with Gasteiger partial charge in [-0.15, -0.1) is 0 Å². The fourth-order valence-electron chi connectivity index (χ4n) is 2.30. The molecule has 2 heterocycles. The lowest BCUT2D eigenvalue weighted by atomic mass is 9.97. The van der Waals surface area contributed by atoms with Crippen molar-refractivity contribution in [3.8, 4) is 11.8 Å². The Kier molecular flexibility index (Phi) is 4.64. The Hall–Kier alpha value is -1.46. The van der Waals surface area contributed by atoms with E-state index >= 15 is 0 Å². The van der Waals surface area contributed by atoms with Crippen LogP contribution in [0.15, 0.2) is 23.4 Å². The minimum Gasteiger partial charge on any atom is -0.389 e. The van der Waals surface area contributed by atoms with E-state index in [1.165, 1.54) is 22.8 Å². The number of aliphatic hydroxyl groups is 2. The van der Waals surface area contributed by atoms with Crippen LogP contribution in [0.5, 0.6) is 0 Å². The number of nitrogens with zero attached hydrogens (tertiary/aromatic N) is 2. The summed E-state index contributed by atoms with van der Waals surface area (Å²) >= 11 is 0. The maximum atomic E-state index is 12.6. The number of hydrogen-bond donors (Lipinski definition) is 2. The lowest BCUT2D eigenvalue weighted by molar-refractivity contribution is 0.00939. The van der Waals surface area contributed by atoms with Gasteiger partial charge in [-0.25, -0.2) is 8.42 Å². The average Bonchev–Trinajstić information content (AvgIpc) is 2.44. The van der Waals surface area contributed by atoms with Crippen LogP contribution in [0, 0.1) is 11.8 Å². The van der Waals surface area contributed by atoms with Crippen molar-refractivity contribution < 1.29 is 18.6 Å². The molecule has 0 saturated carbocycles. The molecule has 0 aliphatic carbocycles. The van der Waals surface area contributed by atoms with Gasteiger partial charge in [0.1, 0.15) is 11.5 Å². The summed E-state index contributed by atoms with van der Waals surface area (Å²) in [4.78, 5) is 3.93. The summed E-state index contributed by atoms with van der Waals surface area (Å²) in [6, 6.07) is 1.42. The number of pyridine rings is 1. The van der Waals surface area contributed by atoms with E-state index in [1.807, 2.05) is 0 Å². The molecule has 1 atom stereocenters. The van der Waals surface area contributed by atoms with E-state index in [0.29, 0.717) is 24.9 Å². The molecule has 1 unspecified atom stereocenters. The number of β-amino-alcohol motifs (C(OH)–C–C–N with tert-alkyl or cyclic N) is 1. The molecular formula is C14H18N2O4S. The molecule has 7 heteroatoms. The zero-order valence-electron chi connectivity index (χ0n) is 11.8. The number of aromatic nitrogens is 1. The molecule has 0 spiro atoms. The third kappa shape index (κ3) is 3.80. The normalized spacial score (nSPS) is 23.4. The van der Waals surface area contributed by atoms with Gasteiger partial charge in [0, 0.05) is 31.0 Å². The minimum atomic E-state index is -3.70. The van der Waals surface area contributed by atoms with Crippen LogP contribution in [0.25, 0.3) is 0 Å². The highest BCUT2D eigenvalue weighted by Gasteiger charge is 2.35. The quantitative estimate of drug-likeness (QED) is 0.748. The van der Waals surface area contributed by atoms with Gasteiger partial charge in [-0.2, -0.15) is 4.31 Å². The highest BCUT2D eigenvalue weighted by atomic mass is 32.2. The molecule has 0 radical (unpaired) electrons. The second kappa shape index (κ2) is 6.12. The van der Waals surface area contributed by atoms with Crippen molar-refractivity contribution in [2.45, 2.75) is 30.3 Å². The number of piperidine rings is 1. The van der Waals surface area contributed by atoms with Gasteiger partial charge in [0.05, 0.1) is 5.60 Å². The Morgan fingerprint density at radius 1 is 1.48 bits per heavy atom. The van der Waals surface area contributed by atoms with Crippen LogP contribution < -0.4 is 0 Å². The van der Waals surface area contributed by atoms with Crippen LogP contribution in [0.4, 0.5) is 0 Å². The van der Waals surface area contributed by atoms with Crippen molar-refractivity contribution in [3.05, 3.63) is 24.0 Å². The second-order valence-electron chi connectivity index (χ2n) is 5.31. The Morgan fingerprint density at radius 3 is 2.90 bits per heavy atom. The number of sulfonamides is 1. The molecular weight excluding hydrogens is 292 g/mol. The lowest BCUT2D eigenvalue weighted by Gasteiger charge is -2.35. The molecule has 0 amide bonds. The third-order valence-electron chi connectivity index (χ3n) is 3.30. The maximum Gasteiger partial charge on any atom is 0.244 e. The zero-order chi connectivity index (χ0) is 15.5. The van der Waals surface area contributed by atoms with Gasteiger partial charge in [0.15, 0.2) is 0 Å². The van der Waals surface area contributed by atoms with E-state index in [-0.39, 0.29) is 18.0 Å². The summed E-state index contributed by atoms with van der Waals surface area (Å²) < 4.78 is 26.4. The predicted molar refractivity (Wildman–Crippen MR) is 76.8 cm³/mol. The van der Waals surface area contributed by atoms with Crippen molar-refractivity contribution in [2.75, 3.05) is 19.7 Å². The van der Waals surface area contributed by atoms with Crippen molar-refractivity contribution in [2.24, 2.45) is 0 Å². The van der Waals surface area contributed by atoms with E-state index in [9.17, 15) is 13.5 Å². The zero-order valence-corrected chi connectivity index (χ0v) is 12.6. The van der Waals surface area contributed by atoms with Gasteiger partial charge in [0.25, 0.3) is 0 Å². The van der Waals surface area contributed by atoms with Crippen LogP contribution in [0.3, 0.4) is 0 Å². The Labute approximate surface area is 124 Å². The standard InChI is InChI=1S/C14H18N2O4S/c1-14(18)5-3-6-16(11-14)21(19,20)13-8-12(4-2-7-17)9-15-10-13/h8-10,17-18H,3,5-7,11H2,1H3. The van der Waals surface area contributed by atoms with E-state index in [1.54, 1.807) is 6.92 Å². The molecule has 6 nitrogen and oxygen atoms in total. The summed E-state index contributed by atoms with van der Waals surface area (Å²) in [5.74, 6) is 5.08. The first kappa shape index (κ1) is 15.9. The predicted octanol–water partition coefficient (Wildman–Crippen LogP) is -0.0391. The first-order valence-electron chi connectivity index (χ1n) is 6.62. The number of hydrogen-bond acceptors (Lipinski definition) is 5. The van der Waals surface area contributed by atoms with E-state index < -0.39 is 15.6 Å². The molecule has 1 fully saturated rings. The van der Waals surface area contributed by atoms with Gasteiger partial charge in [0.2, 0.25) is 10.0 Å². The SMILES string of the molecule is CC1(O)CCCN(S(=O)(=O)c2cncc(C#CCO)c2)C1. The maximum absolute atomic E-state index is 12.6. The monoisotopic (exact) mass is 310 g/mol. The molecule has 1 aliphatic heterocycles. The fraction of sp³-hybridized carbons (Fsp3) is 0.500. The molecule has 0 aromatic carbocycles. The molecule has 2 N–H and O–H groups in total. The third-order valence-corrected chi connectivity index (χ3v) is 5.11. The van der Waals surface area contributed by atoms with Gasteiger partial charge in [-0.1, -0.05) is 11.8 Å². The summed E-state index contributed by atoms with van der Waals surface area (Å²) in [5.41, 5.74) is -0.582. The van der Waals surface area contributed by atoms with Crippen molar-refractivity contribution in [3.63, 3.8) is 0 Å². The van der Waals surface area contributed by atoms with Gasteiger partial charge < -0.3 is 10.2 Å². The van der Waals surface area contributed by atoms with E-state index in [0.717, 1.165) is 0 Å². The molecule has 2 rings (SSSR count). The molecule has 114 valence electrons. The van der Waals surface area contributed by atoms with Crippen molar-refractivity contribution in [1.29, 1.82) is 0 Å². The van der Waals surface area contributed by atoms with Crippen LogP contribution >= 0.6 is 0 Å². The van der Waals surface area contributed by atoms with Gasteiger partial charge in [-0.3, -0.25) is 4.98 Å². The molecule has 1 aromatic rings. The van der Waals surface area contributed by atoms with Crippen molar-refractivity contribution in [1.82, 2.24) is 9.29 Å². The topological polar surface area (TPSA) is 90.7 Å². The first-order chi connectivity index (χ1) is 9.85.